The predicted molar refractivity (Wildman–Crippen MR) is 77.9 cm³/mol. The van der Waals surface area contributed by atoms with E-state index in [2.05, 4.69) is 41.0 Å². The van der Waals surface area contributed by atoms with E-state index < -0.39 is 0 Å². The number of aryl methyl sites for hydroxylation is 1. The summed E-state index contributed by atoms with van der Waals surface area (Å²) in [5, 5.41) is 4.21. The van der Waals surface area contributed by atoms with E-state index in [9.17, 15) is 0 Å². The lowest BCUT2D eigenvalue weighted by molar-refractivity contribution is 0.599. The quantitative estimate of drug-likeness (QED) is 0.809. The highest BCUT2D eigenvalue weighted by Crippen LogP contribution is 2.18. The summed E-state index contributed by atoms with van der Waals surface area (Å²) in [6.45, 7) is 6.85. The van der Waals surface area contributed by atoms with Gasteiger partial charge in [-0.05, 0) is 37.6 Å². The van der Waals surface area contributed by atoms with Crippen LogP contribution in [0.15, 0.2) is 30.6 Å². The number of nitrogens with two attached hydrogens (primary N) is 1. The molecule has 1 heterocycles. The van der Waals surface area contributed by atoms with Crippen LogP contribution in [-0.2, 0) is 13.1 Å². The molecule has 5 nitrogen and oxygen atoms in total. The fourth-order valence-corrected chi connectivity index (χ4v) is 2.10. The molecule has 19 heavy (non-hydrogen) atoms. The molecule has 0 aliphatic rings. The number of rotatable bonds is 6. The second-order valence-electron chi connectivity index (χ2n) is 4.51. The first kappa shape index (κ1) is 13.4. The normalized spacial score (nSPS) is 10.6. The molecule has 0 amide bonds. The fraction of sp³-hybridized carbons (Fsp3) is 0.429. The smallest absolute Gasteiger partial charge is 0.146 e. The van der Waals surface area contributed by atoms with Gasteiger partial charge in [-0.1, -0.05) is 6.92 Å². The van der Waals surface area contributed by atoms with Crippen molar-refractivity contribution in [3.05, 3.63) is 36.4 Å². The average molecular weight is 259 g/mol. The summed E-state index contributed by atoms with van der Waals surface area (Å²) in [4.78, 5) is 6.64. The fourth-order valence-electron chi connectivity index (χ4n) is 2.10. The Morgan fingerprint density at radius 1 is 1.21 bits per heavy atom. The molecule has 0 atom stereocenters. The third kappa shape index (κ3) is 3.24. The van der Waals surface area contributed by atoms with Crippen LogP contribution < -0.4 is 10.6 Å². The zero-order valence-electron chi connectivity index (χ0n) is 11.6. The Hall–Kier alpha value is -2.04. The predicted octanol–water partition coefficient (Wildman–Crippen LogP) is 2.30. The highest BCUT2D eigenvalue weighted by molar-refractivity contribution is 5.53. The Bertz CT molecular complexity index is 503. The van der Waals surface area contributed by atoms with Crippen molar-refractivity contribution < 1.29 is 0 Å². The molecule has 0 saturated carbocycles. The summed E-state index contributed by atoms with van der Waals surface area (Å²) in [6, 6.07) is 7.97. The first-order valence-electron chi connectivity index (χ1n) is 6.71. The van der Waals surface area contributed by atoms with Crippen molar-refractivity contribution in [3.8, 4) is 0 Å². The second kappa shape index (κ2) is 6.22. The first-order valence-corrected chi connectivity index (χ1v) is 6.71. The summed E-state index contributed by atoms with van der Waals surface area (Å²) >= 11 is 0. The van der Waals surface area contributed by atoms with Gasteiger partial charge in [0.25, 0.3) is 0 Å². The van der Waals surface area contributed by atoms with Crippen LogP contribution in [0.1, 0.15) is 26.1 Å². The van der Waals surface area contributed by atoms with E-state index in [4.69, 9.17) is 5.73 Å². The van der Waals surface area contributed by atoms with Crippen LogP contribution in [0.4, 0.5) is 11.4 Å². The largest absolute Gasteiger partial charge is 0.399 e. The number of benzene rings is 1. The van der Waals surface area contributed by atoms with Crippen LogP contribution in [0.2, 0.25) is 0 Å². The van der Waals surface area contributed by atoms with E-state index in [0.29, 0.717) is 0 Å². The Labute approximate surface area is 114 Å². The molecule has 0 radical (unpaired) electrons. The zero-order valence-corrected chi connectivity index (χ0v) is 11.6. The molecule has 5 heteroatoms. The maximum absolute atomic E-state index is 5.74. The first-order chi connectivity index (χ1) is 9.24. The number of anilines is 2. The van der Waals surface area contributed by atoms with Crippen molar-refractivity contribution in [3.63, 3.8) is 0 Å². The molecule has 0 spiro atoms. The van der Waals surface area contributed by atoms with Gasteiger partial charge < -0.3 is 10.6 Å². The average Bonchev–Trinajstić information content (AvgIpc) is 2.86. The maximum atomic E-state index is 5.74. The lowest BCUT2D eigenvalue weighted by atomic mass is 10.2. The van der Waals surface area contributed by atoms with E-state index in [1.807, 2.05) is 16.8 Å². The molecule has 0 aliphatic carbocycles. The Morgan fingerprint density at radius 3 is 2.58 bits per heavy atom. The molecule has 0 fully saturated rings. The van der Waals surface area contributed by atoms with E-state index in [1.54, 1.807) is 6.33 Å². The molecule has 102 valence electrons. The van der Waals surface area contributed by atoms with Crippen LogP contribution in [0.3, 0.4) is 0 Å². The van der Waals surface area contributed by atoms with Crippen molar-refractivity contribution in [2.75, 3.05) is 17.2 Å². The van der Waals surface area contributed by atoms with Crippen molar-refractivity contribution in [1.82, 2.24) is 14.8 Å². The van der Waals surface area contributed by atoms with Gasteiger partial charge in [0.05, 0.1) is 6.54 Å². The van der Waals surface area contributed by atoms with E-state index >= 15 is 0 Å². The van der Waals surface area contributed by atoms with Gasteiger partial charge in [-0.3, -0.25) is 0 Å². The molecule has 1 aromatic heterocycles. The number of nitrogen functional groups attached to an aromatic ring is 1. The summed E-state index contributed by atoms with van der Waals surface area (Å²) in [7, 11) is 0. The number of hydrogen-bond acceptors (Lipinski definition) is 4. The lowest BCUT2D eigenvalue weighted by Gasteiger charge is -2.24. The minimum Gasteiger partial charge on any atom is -0.399 e. The van der Waals surface area contributed by atoms with Crippen LogP contribution in [-0.4, -0.2) is 21.3 Å². The zero-order chi connectivity index (χ0) is 13.7. The van der Waals surface area contributed by atoms with Crippen molar-refractivity contribution in [2.24, 2.45) is 0 Å². The molecule has 0 bridgehead atoms. The molecule has 2 rings (SSSR count). The topological polar surface area (TPSA) is 60.0 Å². The Morgan fingerprint density at radius 2 is 1.95 bits per heavy atom. The SMILES string of the molecule is CCCN(Cc1ncnn1CC)c1ccc(N)cc1. The molecule has 0 unspecified atom stereocenters. The van der Waals surface area contributed by atoms with Gasteiger partial charge in [-0.25, -0.2) is 9.67 Å². The number of hydrogen-bond donors (Lipinski definition) is 1. The lowest BCUT2D eigenvalue weighted by Crippen LogP contribution is -2.25. The molecule has 1 aromatic carbocycles. The van der Waals surface area contributed by atoms with Gasteiger partial charge in [0, 0.05) is 24.5 Å². The Balaban J connectivity index is 2.18. The second-order valence-corrected chi connectivity index (χ2v) is 4.51. The third-order valence-corrected chi connectivity index (χ3v) is 3.08. The van der Waals surface area contributed by atoms with E-state index in [0.717, 1.165) is 37.6 Å². The van der Waals surface area contributed by atoms with Gasteiger partial charge in [-0.2, -0.15) is 5.10 Å². The van der Waals surface area contributed by atoms with Crippen molar-refractivity contribution in [1.29, 1.82) is 0 Å². The summed E-state index contributed by atoms with van der Waals surface area (Å²) in [6.07, 6.45) is 2.70. The summed E-state index contributed by atoms with van der Waals surface area (Å²) < 4.78 is 1.93. The van der Waals surface area contributed by atoms with Crippen molar-refractivity contribution >= 4 is 11.4 Å². The van der Waals surface area contributed by atoms with Gasteiger partial charge >= 0.3 is 0 Å². The van der Waals surface area contributed by atoms with Crippen LogP contribution in [0.25, 0.3) is 0 Å². The molecular weight excluding hydrogens is 238 g/mol. The van der Waals surface area contributed by atoms with Gasteiger partial charge in [0.2, 0.25) is 0 Å². The van der Waals surface area contributed by atoms with Crippen molar-refractivity contribution in [2.45, 2.75) is 33.4 Å². The highest BCUT2D eigenvalue weighted by Gasteiger charge is 2.10. The van der Waals surface area contributed by atoms with Crippen LogP contribution >= 0.6 is 0 Å². The van der Waals surface area contributed by atoms with E-state index in [1.165, 1.54) is 5.69 Å². The standard InChI is InChI=1S/C14H21N5/c1-3-9-18(13-7-5-12(15)6-8-13)10-14-16-11-17-19(14)4-2/h5-8,11H,3-4,9-10,15H2,1-2H3. The summed E-state index contributed by atoms with van der Waals surface area (Å²) in [5.74, 6) is 0.993. The van der Waals surface area contributed by atoms with Gasteiger partial charge in [0.15, 0.2) is 0 Å². The minimum atomic E-state index is 0.769. The monoisotopic (exact) mass is 259 g/mol. The van der Waals surface area contributed by atoms with Gasteiger partial charge in [0.1, 0.15) is 12.2 Å². The van der Waals surface area contributed by atoms with Crippen LogP contribution in [0, 0.1) is 0 Å². The van der Waals surface area contributed by atoms with Crippen LogP contribution in [0.5, 0.6) is 0 Å². The molecule has 2 N–H and O–H groups in total. The van der Waals surface area contributed by atoms with Gasteiger partial charge in [-0.15, -0.1) is 0 Å². The number of aromatic nitrogens is 3. The third-order valence-electron chi connectivity index (χ3n) is 3.08. The maximum Gasteiger partial charge on any atom is 0.146 e. The highest BCUT2D eigenvalue weighted by atomic mass is 15.3. The molecular formula is C14H21N5. The molecule has 0 aliphatic heterocycles. The van der Waals surface area contributed by atoms with E-state index in [-0.39, 0.29) is 0 Å². The summed E-state index contributed by atoms with van der Waals surface area (Å²) in [5.41, 5.74) is 7.69. The minimum absolute atomic E-state index is 0.769. The molecule has 2 aromatic rings. The molecule has 0 saturated heterocycles. The number of nitrogens with zero attached hydrogens (tertiary/aromatic N) is 4. The Kier molecular flexibility index (Phi) is 4.39.